The van der Waals surface area contributed by atoms with E-state index in [2.05, 4.69) is 17.1 Å². The van der Waals surface area contributed by atoms with Gasteiger partial charge in [-0.05, 0) is 49.2 Å². The zero-order valence-electron chi connectivity index (χ0n) is 21.6. The second-order valence-electron chi connectivity index (χ2n) is 10.2. The predicted molar refractivity (Wildman–Crippen MR) is 147 cm³/mol. The van der Waals surface area contributed by atoms with E-state index in [9.17, 15) is 13.2 Å². The van der Waals surface area contributed by atoms with Crippen molar-refractivity contribution in [2.24, 2.45) is 0 Å². The molecule has 1 fully saturated rings. The van der Waals surface area contributed by atoms with Gasteiger partial charge in [-0.25, -0.2) is 12.4 Å². The smallest absolute Gasteiger partial charge is 0.268 e. The van der Waals surface area contributed by atoms with Crippen molar-refractivity contribution >= 4 is 26.7 Å². The fraction of sp³-hybridized carbons (Fsp3) is 0.300. The van der Waals surface area contributed by atoms with Crippen LogP contribution in [0, 0.1) is 13.8 Å². The molecule has 1 N–H and O–H groups in total. The lowest BCUT2D eigenvalue weighted by Crippen LogP contribution is -2.43. The molecule has 3 aromatic carbocycles. The Morgan fingerprint density at radius 3 is 2.47 bits per heavy atom. The highest BCUT2D eigenvalue weighted by Crippen LogP contribution is 2.37. The number of Topliss-reactive ketones (excluding diaryl/α,β-unsaturated/α-hetero) is 1. The number of hydrogen-bond acceptors (Lipinski definition) is 6. The summed E-state index contributed by atoms with van der Waals surface area (Å²) in [4.78, 5) is 16.1. The molecule has 6 rings (SSSR count). The molecule has 8 heteroatoms. The minimum atomic E-state index is -3.81. The molecule has 1 atom stereocenters. The van der Waals surface area contributed by atoms with Crippen molar-refractivity contribution in [3.63, 3.8) is 0 Å². The largest absolute Gasteiger partial charge is 0.481 e. The maximum Gasteiger partial charge on any atom is 0.268 e. The maximum atomic E-state index is 13.6. The number of nitrogens with one attached hydrogen (secondary N) is 1. The van der Waals surface area contributed by atoms with Gasteiger partial charge in [-0.3, -0.25) is 9.69 Å². The quantitative estimate of drug-likeness (QED) is 0.405. The van der Waals surface area contributed by atoms with Gasteiger partial charge in [0.15, 0.2) is 6.10 Å². The highest BCUT2D eigenvalue weighted by Gasteiger charge is 2.36. The van der Waals surface area contributed by atoms with Crippen LogP contribution in [0.2, 0.25) is 0 Å². The number of ketones is 1. The SMILES string of the molecule is Cc1ccc(S(=O)(=O)n2cc(CC3Oc4c(ccc(C)c4CN4CCNCC4)C3=O)c3ccccc32)cc1. The third-order valence-corrected chi connectivity index (χ3v) is 9.34. The van der Waals surface area contributed by atoms with E-state index in [0.717, 1.165) is 60.4 Å². The van der Waals surface area contributed by atoms with Crippen LogP contribution in [-0.4, -0.2) is 55.4 Å². The number of para-hydroxylation sites is 1. The Bertz CT molecular complexity index is 1630. The van der Waals surface area contributed by atoms with E-state index in [4.69, 9.17) is 4.74 Å². The van der Waals surface area contributed by atoms with Crippen molar-refractivity contribution in [2.45, 2.75) is 37.8 Å². The summed E-state index contributed by atoms with van der Waals surface area (Å²) in [5, 5.41) is 4.18. The fourth-order valence-corrected chi connectivity index (χ4v) is 6.84. The zero-order chi connectivity index (χ0) is 26.4. The Labute approximate surface area is 223 Å². The van der Waals surface area contributed by atoms with Crippen molar-refractivity contribution in [3.8, 4) is 5.75 Å². The van der Waals surface area contributed by atoms with Crippen LogP contribution in [0.3, 0.4) is 0 Å². The second-order valence-corrected chi connectivity index (χ2v) is 12.0. The standard InChI is InChI=1S/C30H31N3O4S/c1-20-7-10-23(11-8-20)38(35,36)33-18-22(24-5-3-4-6-27(24)33)17-28-29(34)25-12-9-21(2)26(30(25)37-28)19-32-15-13-31-14-16-32/h3-12,18,28,31H,13-17,19H2,1-2H3. The van der Waals surface area contributed by atoms with Crippen molar-refractivity contribution < 1.29 is 17.9 Å². The molecule has 1 aromatic heterocycles. The predicted octanol–water partition coefficient (Wildman–Crippen LogP) is 4.09. The normalized spacial score (nSPS) is 18.1. The lowest BCUT2D eigenvalue weighted by molar-refractivity contribution is 0.0856. The number of fused-ring (bicyclic) bond motifs is 2. The Morgan fingerprint density at radius 2 is 1.71 bits per heavy atom. The molecule has 38 heavy (non-hydrogen) atoms. The average Bonchev–Trinajstić information content (AvgIpc) is 3.45. The van der Waals surface area contributed by atoms with Crippen molar-refractivity contribution in [2.75, 3.05) is 26.2 Å². The summed E-state index contributed by atoms with van der Waals surface area (Å²) in [6.07, 6.45) is 1.23. The number of ether oxygens (including phenoxy) is 1. The number of rotatable bonds is 6. The highest BCUT2D eigenvalue weighted by atomic mass is 32.2. The van der Waals surface area contributed by atoms with Crippen LogP contribution in [0.25, 0.3) is 10.9 Å². The van der Waals surface area contributed by atoms with Gasteiger partial charge in [0.25, 0.3) is 10.0 Å². The van der Waals surface area contributed by atoms with Crippen molar-refractivity contribution in [3.05, 3.63) is 94.7 Å². The van der Waals surface area contributed by atoms with Gasteiger partial charge in [0, 0.05) is 56.3 Å². The molecular formula is C30H31N3O4S. The molecule has 0 radical (unpaired) electrons. The summed E-state index contributed by atoms with van der Waals surface area (Å²) >= 11 is 0. The van der Waals surface area contributed by atoms with E-state index in [1.807, 2.05) is 37.3 Å². The molecule has 4 aromatic rings. The molecule has 7 nitrogen and oxygen atoms in total. The minimum absolute atomic E-state index is 0.0558. The van der Waals surface area contributed by atoms with Crippen LogP contribution < -0.4 is 10.1 Å². The maximum absolute atomic E-state index is 13.6. The molecule has 0 aliphatic carbocycles. The molecule has 0 spiro atoms. The van der Waals surface area contributed by atoms with Crippen molar-refractivity contribution in [1.82, 2.24) is 14.2 Å². The van der Waals surface area contributed by atoms with Gasteiger partial charge >= 0.3 is 0 Å². The molecule has 2 aliphatic rings. The molecule has 1 saturated heterocycles. The molecular weight excluding hydrogens is 498 g/mol. The van der Waals surface area contributed by atoms with Crippen molar-refractivity contribution in [1.29, 1.82) is 0 Å². The Hall–Kier alpha value is -3.46. The van der Waals surface area contributed by atoms with Gasteiger partial charge in [-0.15, -0.1) is 0 Å². The first-order valence-electron chi connectivity index (χ1n) is 13.0. The van der Waals surface area contributed by atoms with Crippen LogP contribution in [-0.2, 0) is 23.0 Å². The number of aromatic nitrogens is 1. The third kappa shape index (κ3) is 4.32. The average molecular weight is 530 g/mol. The summed E-state index contributed by atoms with van der Waals surface area (Å²) in [5.74, 6) is 0.620. The van der Waals surface area contributed by atoms with Gasteiger partial charge in [0.2, 0.25) is 5.78 Å². The van der Waals surface area contributed by atoms with Crippen LogP contribution in [0.5, 0.6) is 5.75 Å². The monoisotopic (exact) mass is 529 g/mol. The highest BCUT2D eigenvalue weighted by molar-refractivity contribution is 7.90. The van der Waals surface area contributed by atoms with E-state index >= 15 is 0 Å². The molecule has 0 bridgehead atoms. The van der Waals surface area contributed by atoms with E-state index in [1.54, 1.807) is 36.5 Å². The Morgan fingerprint density at radius 1 is 0.974 bits per heavy atom. The van der Waals surface area contributed by atoms with E-state index < -0.39 is 16.1 Å². The van der Waals surface area contributed by atoms with Crippen LogP contribution in [0.1, 0.15) is 32.6 Å². The minimum Gasteiger partial charge on any atom is -0.481 e. The Kier molecular flexibility index (Phi) is 6.34. The van der Waals surface area contributed by atoms with Gasteiger partial charge in [0.1, 0.15) is 5.75 Å². The van der Waals surface area contributed by atoms with Gasteiger partial charge in [0.05, 0.1) is 16.0 Å². The summed E-state index contributed by atoms with van der Waals surface area (Å²) < 4.78 is 34.9. The summed E-state index contributed by atoms with van der Waals surface area (Å²) in [5.41, 5.74) is 5.12. The third-order valence-electron chi connectivity index (χ3n) is 7.65. The van der Waals surface area contributed by atoms with Gasteiger partial charge in [-0.1, -0.05) is 42.0 Å². The van der Waals surface area contributed by atoms with Crippen LogP contribution >= 0.6 is 0 Å². The topological polar surface area (TPSA) is 80.6 Å². The number of carbonyl (C=O) groups excluding carboxylic acids is 1. The first-order valence-corrected chi connectivity index (χ1v) is 14.4. The first-order chi connectivity index (χ1) is 18.3. The molecule has 1 unspecified atom stereocenters. The molecule has 3 heterocycles. The lowest BCUT2D eigenvalue weighted by Gasteiger charge is -2.28. The summed E-state index contributed by atoms with van der Waals surface area (Å²) in [6, 6.07) is 18.1. The molecule has 0 saturated carbocycles. The van der Waals surface area contributed by atoms with Crippen LogP contribution in [0.4, 0.5) is 0 Å². The molecule has 2 aliphatic heterocycles. The van der Waals surface area contributed by atoms with Crippen LogP contribution in [0.15, 0.2) is 71.8 Å². The van der Waals surface area contributed by atoms with Gasteiger partial charge < -0.3 is 10.1 Å². The van der Waals surface area contributed by atoms with E-state index in [1.165, 1.54) is 3.97 Å². The van der Waals surface area contributed by atoms with E-state index in [-0.39, 0.29) is 17.1 Å². The Balaban J connectivity index is 1.33. The molecule has 0 amide bonds. The summed E-state index contributed by atoms with van der Waals surface area (Å²) in [6.45, 7) is 8.53. The number of hydrogen-bond donors (Lipinski definition) is 1. The van der Waals surface area contributed by atoms with Gasteiger partial charge in [-0.2, -0.15) is 0 Å². The summed E-state index contributed by atoms with van der Waals surface area (Å²) in [7, 11) is -3.81. The fourth-order valence-electron chi connectivity index (χ4n) is 5.45. The van der Waals surface area contributed by atoms with E-state index in [0.29, 0.717) is 16.8 Å². The first kappa shape index (κ1) is 24.9. The number of carbonyl (C=O) groups is 1. The zero-order valence-corrected chi connectivity index (χ0v) is 22.4. The number of piperazine rings is 1. The number of aryl methyl sites for hydroxylation is 2. The molecule has 196 valence electrons. The number of benzene rings is 3. The lowest BCUT2D eigenvalue weighted by atomic mass is 9.98. The number of nitrogens with zero attached hydrogens (tertiary/aromatic N) is 2. The second kappa shape index (κ2) is 9.69.